The summed E-state index contributed by atoms with van der Waals surface area (Å²) in [4.78, 5) is 24.5. The lowest BCUT2D eigenvalue weighted by atomic mass is 9.94. The van der Waals surface area contributed by atoms with E-state index in [2.05, 4.69) is 4.74 Å². The molecule has 1 amide bonds. The standard InChI is InChI=1S/C24H15F8NO3/c1-10-6-7-11(13-4-3-5-14(25)16(13)23(35)36-2)8-12(10)9-15(34)33-22-20(28)18(26)17(24(30,31)32)19(27)21(22)29/h3-8H,9H2,1-2H3,(H,33,34). The van der Waals surface area contributed by atoms with E-state index in [1.807, 2.05) is 0 Å². The zero-order chi connectivity index (χ0) is 26.9. The lowest BCUT2D eigenvalue weighted by molar-refractivity contribution is -0.143. The Labute approximate surface area is 198 Å². The van der Waals surface area contributed by atoms with Crippen LogP contribution in [0.3, 0.4) is 0 Å². The molecular formula is C24H15F8NO3. The minimum Gasteiger partial charge on any atom is -0.465 e. The Morgan fingerprint density at radius 1 is 0.917 bits per heavy atom. The molecule has 0 aliphatic heterocycles. The highest BCUT2D eigenvalue weighted by Crippen LogP contribution is 2.38. The third-order valence-corrected chi connectivity index (χ3v) is 5.23. The number of hydrogen-bond donors (Lipinski definition) is 1. The van der Waals surface area contributed by atoms with Crippen LogP contribution >= 0.6 is 0 Å². The van der Waals surface area contributed by atoms with E-state index in [0.717, 1.165) is 13.2 Å². The summed E-state index contributed by atoms with van der Waals surface area (Å²) in [5.74, 6) is -13.4. The molecular weight excluding hydrogens is 502 g/mol. The number of esters is 1. The van der Waals surface area contributed by atoms with E-state index in [0.29, 0.717) is 5.56 Å². The normalized spacial score (nSPS) is 11.4. The molecule has 1 N–H and O–H groups in total. The lowest BCUT2D eigenvalue weighted by Gasteiger charge is -2.15. The van der Waals surface area contributed by atoms with Gasteiger partial charge in [0, 0.05) is 0 Å². The van der Waals surface area contributed by atoms with Crippen molar-refractivity contribution in [3.63, 3.8) is 0 Å². The summed E-state index contributed by atoms with van der Waals surface area (Å²) >= 11 is 0. The topological polar surface area (TPSA) is 55.4 Å². The Hall–Kier alpha value is -3.96. The zero-order valence-electron chi connectivity index (χ0n) is 18.4. The Bertz CT molecular complexity index is 1340. The van der Waals surface area contributed by atoms with Gasteiger partial charge in [-0.3, -0.25) is 4.79 Å². The van der Waals surface area contributed by atoms with Crippen LogP contribution in [-0.4, -0.2) is 19.0 Å². The Morgan fingerprint density at radius 2 is 1.53 bits per heavy atom. The number of aryl methyl sites for hydroxylation is 1. The van der Waals surface area contributed by atoms with Gasteiger partial charge in [-0.15, -0.1) is 0 Å². The fraction of sp³-hybridized carbons (Fsp3) is 0.167. The van der Waals surface area contributed by atoms with E-state index >= 15 is 0 Å². The summed E-state index contributed by atoms with van der Waals surface area (Å²) in [6.45, 7) is 1.54. The van der Waals surface area contributed by atoms with Crippen LogP contribution in [0.15, 0.2) is 36.4 Å². The van der Waals surface area contributed by atoms with Crippen molar-refractivity contribution in [2.45, 2.75) is 19.5 Å². The molecule has 0 aliphatic carbocycles. The highest BCUT2D eigenvalue weighted by atomic mass is 19.4. The minimum atomic E-state index is -5.73. The van der Waals surface area contributed by atoms with Gasteiger partial charge in [0.1, 0.15) is 22.6 Å². The van der Waals surface area contributed by atoms with E-state index in [-0.39, 0.29) is 22.3 Å². The number of halogens is 8. The molecule has 0 radical (unpaired) electrons. The summed E-state index contributed by atoms with van der Waals surface area (Å²) in [6, 6.07) is 8.10. The number of methoxy groups -OCH3 is 1. The number of rotatable bonds is 5. The SMILES string of the molecule is COC(=O)c1c(F)cccc1-c1ccc(C)c(CC(=O)Nc2c(F)c(F)c(C(F)(F)F)c(F)c2F)c1. The van der Waals surface area contributed by atoms with Gasteiger partial charge in [0.2, 0.25) is 5.91 Å². The zero-order valence-corrected chi connectivity index (χ0v) is 18.4. The number of nitrogens with one attached hydrogen (secondary N) is 1. The van der Waals surface area contributed by atoms with Crippen molar-refractivity contribution in [1.82, 2.24) is 0 Å². The van der Waals surface area contributed by atoms with Crippen LogP contribution in [-0.2, 0) is 22.1 Å². The van der Waals surface area contributed by atoms with E-state index in [1.165, 1.54) is 37.3 Å². The lowest BCUT2D eigenvalue weighted by Crippen LogP contribution is -2.21. The maximum absolute atomic E-state index is 14.3. The molecule has 190 valence electrons. The number of hydrogen-bond acceptors (Lipinski definition) is 3. The van der Waals surface area contributed by atoms with Gasteiger partial charge in [-0.05, 0) is 35.2 Å². The van der Waals surface area contributed by atoms with E-state index in [9.17, 15) is 44.7 Å². The molecule has 3 rings (SSSR count). The number of amides is 1. The highest BCUT2D eigenvalue weighted by Gasteiger charge is 2.42. The average Bonchev–Trinajstić information content (AvgIpc) is 2.80. The summed E-state index contributed by atoms with van der Waals surface area (Å²) in [5.41, 5.74) is -3.88. The molecule has 0 heterocycles. The number of carbonyl (C=O) groups excluding carboxylic acids is 2. The predicted molar refractivity (Wildman–Crippen MR) is 112 cm³/mol. The maximum atomic E-state index is 14.3. The van der Waals surface area contributed by atoms with Crippen LogP contribution in [0.4, 0.5) is 40.8 Å². The molecule has 36 heavy (non-hydrogen) atoms. The quantitative estimate of drug-likeness (QED) is 0.244. The Kier molecular flexibility index (Phi) is 7.37. The maximum Gasteiger partial charge on any atom is 0.422 e. The first-order valence-electron chi connectivity index (χ1n) is 9.97. The Balaban J connectivity index is 1.97. The number of ether oxygens (including phenoxy) is 1. The molecule has 0 fully saturated rings. The number of alkyl halides is 3. The highest BCUT2D eigenvalue weighted by molar-refractivity contribution is 5.98. The van der Waals surface area contributed by atoms with E-state index in [1.54, 1.807) is 5.32 Å². The molecule has 3 aromatic rings. The van der Waals surface area contributed by atoms with Crippen molar-refractivity contribution in [1.29, 1.82) is 0 Å². The fourth-order valence-electron chi connectivity index (χ4n) is 3.45. The summed E-state index contributed by atoms with van der Waals surface area (Å²) in [6.07, 6.45) is -6.37. The van der Waals surface area contributed by atoms with E-state index in [4.69, 9.17) is 0 Å². The Morgan fingerprint density at radius 3 is 2.08 bits per heavy atom. The molecule has 0 bridgehead atoms. The smallest absolute Gasteiger partial charge is 0.422 e. The van der Waals surface area contributed by atoms with Crippen molar-refractivity contribution in [3.05, 3.63) is 87.7 Å². The summed E-state index contributed by atoms with van der Waals surface area (Å²) < 4.78 is 113. The third-order valence-electron chi connectivity index (χ3n) is 5.23. The largest absolute Gasteiger partial charge is 0.465 e. The van der Waals surface area contributed by atoms with Crippen molar-refractivity contribution in [2.75, 3.05) is 12.4 Å². The molecule has 3 aromatic carbocycles. The average molecular weight is 517 g/mol. The van der Waals surface area contributed by atoms with E-state index < -0.39 is 64.8 Å². The van der Waals surface area contributed by atoms with Crippen molar-refractivity contribution < 1.29 is 49.4 Å². The van der Waals surface area contributed by atoms with Gasteiger partial charge in [0.25, 0.3) is 0 Å². The monoisotopic (exact) mass is 517 g/mol. The number of carbonyl (C=O) groups is 2. The third kappa shape index (κ3) is 5.02. The molecule has 12 heteroatoms. The van der Waals surface area contributed by atoms with Crippen molar-refractivity contribution >= 4 is 17.6 Å². The second kappa shape index (κ2) is 9.96. The van der Waals surface area contributed by atoms with Crippen LogP contribution in [0.2, 0.25) is 0 Å². The van der Waals surface area contributed by atoms with Crippen molar-refractivity contribution in [2.24, 2.45) is 0 Å². The molecule has 0 aromatic heterocycles. The van der Waals surface area contributed by atoms with Crippen LogP contribution in [0.5, 0.6) is 0 Å². The first-order chi connectivity index (χ1) is 16.8. The molecule has 0 saturated heterocycles. The van der Waals surface area contributed by atoms with Gasteiger partial charge in [0.15, 0.2) is 23.3 Å². The first-order valence-corrected chi connectivity index (χ1v) is 9.97. The van der Waals surface area contributed by atoms with Crippen LogP contribution in [0.1, 0.15) is 27.0 Å². The molecule has 0 aliphatic rings. The van der Waals surface area contributed by atoms with Gasteiger partial charge in [-0.25, -0.2) is 26.7 Å². The molecule has 0 unspecified atom stereocenters. The van der Waals surface area contributed by atoms with Gasteiger partial charge in [0.05, 0.1) is 13.5 Å². The molecule has 0 saturated carbocycles. The van der Waals surface area contributed by atoms with Gasteiger partial charge < -0.3 is 10.1 Å². The summed E-state index contributed by atoms with van der Waals surface area (Å²) in [7, 11) is 1.05. The van der Waals surface area contributed by atoms with Gasteiger partial charge in [-0.2, -0.15) is 13.2 Å². The second-order valence-electron chi connectivity index (χ2n) is 7.52. The van der Waals surface area contributed by atoms with Gasteiger partial charge >= 0.3 is 12.1 Å². The van der Waals surface area contributed by atoms with Gasteiger partial charge in [-0.1, -0.05) is 30.3 Å². The minimum absolute atomic E-state index is 0.104. The van der Waals surface area contributed by atoms with Crippen LogP contribution in [0.25, 0.3) is 11.1 Å². The van der Waals surface area contributed by atoms with Crippen molar-refractivity contribution in [3.8, 4) is 11.1 Å². The predicted octanol–water partition coefficient (Wildman–Crippen LogP) is 6.34. The fourth-order valence-corrected chi connectivity index (χ4v) is 3.45. The molecule has 4 nitrogen and oxygen atoms in total. The number of benzene rings is 3. The van der Waals surface area contributed by atoms with Crippen LogP contribution in [0, 0.1) is 36.0 Å². The number of anilines is 1. The molecule has 0 spiro atoms. The molecule has 0 atom stereocenters. The summed E-state index contributed by atoms with van der Waals surface area (Å²) in [5, 5.41) is 1.55. The first kappa shape index (κ1) is 26.6. The second-order valence-corrected chi connectivity index (χ2v) is 7.52. The van der Waals surface area contributed by atoms with Crippen LogP contribution < -0.4 is 5.32 Å².